The Bertz CT molecular complexity index is 476. The Hall–Kier alpha value is -1.11. The SMILES string of the molecule is OCCCCCSc1nnc(Nc2ccccc2)s1. The first-order valence-electron chi connectivity index (χ1n) is 6.28. The minimum atomic E-state index is 0.286. The normalized spacial score (nSPS) is 10.6. The molecule has 6 heteroatoms. The molecule has 0 atom stereocenters. The molecular weight excluding hydrogens is 278 g/mol. The summed E-state index contributed by atoms with van der Waals surface area (Å²) in [5.74, 6) is 1.03. The van der Waals surface area contributed by atoms with E-state index in [4.69, 9.17) is 5.11 Å². The van der Waals surface area contributed by atoms with Gasteiger partial charge in [-0.2, -0.15) is 0 Å². The quantitative estimate of drug-likeness (QED) is 0.576. The zero-order valence-electron chi connectivity index (χ0n) is 10.6. The summed E-state index contributed by atoms with van der Waals surface area (Å²) in [5, 5.41) is 21.0. The van der Waals surface area contributed by atoms with E-state index in [1.54, 1.807) is 23.1 Å². The summed E-state index contributed by atoms with van der Waals surface area (Å²) in [4.78, 5) is 0. The smallest absolute Gasteiger partial charge is 0.210 e. The van der Waals surface area contributed by atoms with Crippen molar-refractivity contribution >= 4 is 33.9 Å². The number of hydrogen-bond acceptors (Lipinski definition) is 6. The molecule has 0 saturated heterocycles. The van der Waals surface area contributed by atoms with Gasteiger partial charge in [0.1, 0.15) is 0 Å². The van der Waals surface area contributed by atoms with Gasteiger partial charge in [-0.1, -0.05) is 47.7 Å². The molecule has 0 aliphatic heterocycles. The number of para-hydroxylation sites is 1. The van der Waals surface area contributed by atoms with Gasteiger partial charge in [-0.3, -0.25) is 0 Å². The van der Waals surface area contributed by atoms with E-state index in [-0.39, 0.29) is 6.61 Å². The summed E-state index contributed by atoms with van der Waals surface area (Å²) in [5.41, 5.74) is 1.03. The second-order valence-corrected chi connectivity index (χ2v) is 6.32. The highest BCUT2D eigenvalue weighted by atomic mass is 32.2. The van der Waals surface area contributed by atoms with Crippen molar-refractivity contribution in [2.75, 3.05) is 17.7 Å². The van der Waals surface area contributed by atoms with Crippen molar-refractivity contribution < 1.29 is 5.11 Å². The number of aliphatic hydroxyl groups is 1. The van der Waals surface area contributed by atoms with Gasteiger partial charge in [0.25, 0.3) is 0 Å². The zero-order chi connectivity index (χ0) is 13.3. The standard InChI is InChI=1S/C13H17N3OS2/c17-9-5-2-6-10-18-13-16-15-12(19-13)14-11-7-3-1-4-8-11/h1,3-4,7-8,17H,2,5-6,9-10H2,(H,14,15). The highest BCUT2D eigenvalue weighted by Gasteiger charge is 2.04. The molecule has 1 aromatic carbocycles. The Balaban J connectivity index is 1.76. The maximum atomic E-state index is 8.69. The van der Waals surface area contributed by atoms with E-state index in [9.17, 15) is 0 Å². The largest absolute Gasteiger partial charge is 0.396 e. The Morgan fingerprint density at radius 2 is 1.95 bits per heavy atom. The van der Waals surface area contributed by atoms with Gasteiger partial charge >= 0.3 is 0 Å². The van der Waals surface area contributed by atoms with Crippen LogP contribution in [-0.4, -0.2) is 27.7 Å². The van der Waals surface area contributed by atoms with Gasteiger partial charge in [-0.15, -0.1) is 10.2 Å². The third-order valence-corrected chi connectivity index (χ3v) is 4.52. The third kappa shape index (κ3) is 5.18. The lowest BCUT2D eigenvalue weighted by atomic mass is 10.3. The van der Waals surface area contributed by atoms with Gasteiger partial charge < -0.3 is 10.4 Å². The molecule has 19 heavy (non-hydrogen) atoms. The summed E-state index contributed by atoms with van der Waals surface area (Å²) >= 11 is 3.30. The molecule has 0 amide bonds. The monoisotopic (exact) mass is 295 g/mol. The van der Waals surface area contributed by atoms with Crippen molar-refractivity contribution in [1.82, 2.24) is 10.2 Å². The van der Waals surface area contributed by atoms with Crippen LogP contribution in [0.4, 0.5) is 10.8 Å². The number of benzene rings is 1. The fourth-order valence-electron chi connectivity index (χ4n) is 1.51. The van der Waals surface area contributed by atoms with Gasteiger partial charge in [0.2, 0.25) is 5.13 Å². The Kier molecular flexibility index (Phi) is 6.13. The molecule has 0 aliphatic carbocycles. The first-order valence-corrected chi connectivity index (χ1v) is 8.08. The van der Waals surface area contributed by atoms with E-state index in [1.807, 2.05) is 30.3 Å². The number of thioether (sulfide) groups is 1. The van der Waals surface area contributed by atoms with Crippen LogP contribution in [0.5, 0.6) is 0 Å². The molecule has 0 bridgehead atoms. The summed E-state index contributed by atoms with van der Waals surface area (Å²) in [6.07, 6.45) is 3.06. The molecule has 0 saturated carbocycles. The zero-order valence-corrected chi connectivity index (χ0v) is 12.2. The number of aromatic nitrogens is 2. The number of rotatable bonds is 8. The van der Waals surface area contributed by atoms with Crippen LogP contribution >= 0.6 is 23.1 Å². The molecule has 4 nitrogen and oxygen atoms in total. The Morgan fingerprint density at radius 3 is 2.74 bits per heavy atom. The van der Waals surface area contributed by atoms with Crippen LogP contribution in [0.3, 0.4) is 0 Å². The number of aliphatic hydroxyl groups excluding tert-OH is 1. The molecule has 2 aromatic rings. The lowest BCUT2D eigenvalue weighted by Gasteiger charge is -1.99. The minimum absolute atomic E-state index is 0.286. The van der Waals surface area contributed by atoms with Gasteiger partial charge in [-0.05, 0) is 25.0 Å². The number of nitrogens with one attached hydrogen (secondary N) is 1. The topological polar surface area (TPSA) is 58.0 Å². The predicted octanol–water partition coefficient (Wildman–Crippen LogP) is 3.54. The first-order chi connectivity index (χ1) is 9.38. The molecule has 1 aromatic heterocycles. The van der Waals surface area contributed by atoms with Crippen LogP contribution in [0.25, 0.3) is 0 Å². The van der Waals surface area contributed by atoms with Crippen molar-refractivity contribution in [3.05, 3.63) is 30.3 Å². The Morgan fingerprint density at radius 1 is 1.11 bits per heavy atom. The second-order valence-electron chi connectivity index (χ2n) is 4.00. The van der Waals surface area contributed by atoms with Gasteiger partial charge in [0, 0.05) is 18.0 Å². The average Bonchev–Trinajstić information content (AvgIpc) is 2.87. The van der Waals surface area contributed by atoms with Gasteiger partial charge in [-0.25, -0.2) is 0 Å². The van der Waals surface area contributed by atoms with Crippen LogP contribution in [0.15, 0.2) is 34.7 Å². The van der Waals surface area contributed by atoms with Crippen LogP contribution in [-0.2, 0) is 0 Å². The molecule has 0 radical (unpaired) electrons. The third-order valence-electron chi connectivity index (χ3n) is 2.46. The molecule has 1 heterocycles. The summed E-state index contributed by atoms with van der Waals surface area (Å²) in [7, 11) is 0. The van der Waals surface area contributed by atoms with E-state index in [2.05, 4.69) is 15.5 Å². The second kappa shape index (κ2) is 8.14. The van der Waals surface area contributed by atoms with E-state index >= 15 is 0 Å². The average molecular weight is 295 g/mol. The molecule has 0 aliphatic rings. The van der Waals surface area contributed by atoms with Crippen molar-refractivity contribution in [2.24, 2.45) is 0 Å². The van der Waals surface area contributed by atoms with Gasteiger partial charge in [0.15, 0.2) is 4.34 Å². The first kappa shape index (κ1) is 14.3. The van der Waals surface area contributed by atoms with E-state index in [0.717, 1.165) is 40.2 Å². The number of nitrogens with zero attached hydrogens (tertiary/aromatic N) is 2. The van der Waals surface area contributed by atoms with Gasteiger partial charge in [0.05, 0.1) is 0 Å². The highest BCUT2D eigenvalue weighted by Crippen LogP contribution is 2.28. The maximum Gasteiger partial charge on any atom is 0.210 e. The van der Waals surface area contributed by atoms with Crippen LogP contribution in [0, 0.1) is 0 Å². The van der Waals surface area contributed by atoms with Crippen molar-refractivity contribution in [3.8, 4) is 0 Å². The number of unbranched alkanes of at least 4 members (excludes halogenated alkanes) is 2. The fraction of sp³-hybridized carbons (Fsp3) is 0.385. The van der Waals surface area contributed by atoms with Crippen LogP contribution in [0.1, 0.15) is 19.3 Å². The molecular formula is C13H17N3OS2. The van der Waals surface area contributed by atoms with Crippen LogP contribution < -0.4 is 5.32 Å². The Labute approximate surface area is 121 Å². The molecule has 0 unspecified atom stereocenters. The van der Waals surface area contributed by atoms with Crippen LogP contribution in [0.2, 0.25) is 0 Å². The number of anilines is 2. The minimum Gasteiger partial charge on any atom is -0.396 e. The molecule has 2 rings (SSSR count). The molecule has 0 fully saturated rings. The summed E-state index contributed by atoms with van der Waals surface area (Å²) in [6.45, 7) is 0.286. The van der Waals surface area contributed by atoms with Crippen molar-refractivity contribution in [3.63, 3.8) is 0 Å². The number of hydrogen-bond donors (Lipinski definition) is 2. The van der Waals surface area contributed by atoms with E-state index in [0.29, 0.717) is 0 Å². The van der Waals surface area contributed by atoms with E-state index < -0.39 is 0 Å². The fourth-order valence-corrected chi connectivity index (χ4v) is 3.36. The predicted molar refractivity (Wildman–Crippen MR) is 81.3 cm³/mol. The van der Waals surface area contributed by atoms with Crippen molar-refractivity contribution in [2.45, 2.75) is 23.6 Å². The summed E-state index contributed by atoms with van der Waals surface area (Å²) in [6, 6.07) is 9.96. The highest BCUT2D eigenvalue weighted by molar-refractivity contribution is 8.01. The summed E-state index contributed by atoms with van der Waals surface area (Å²) < 4.78 is 0.988. The molecule has 102 valence electrons. The lowest BCUT2D eigenvalue weighted by molar-refractivity contribution is 0.284. The van der Waals surface area contributed by atoms with Crippen molar-refractivity contribution in [1.29, 1.82) is 0 Å². The maximum absolute atomic E-state index is 8.69. The lowest BCUT2D eigenvalue weighted by Crippen LogP contribution is -1.87. The molecule has 0 spiro atoms. The molecule has 2 N–H and O–H groups in total. The van der Waals surface area contributed by atoms with E-state index in [1.165, 1.54) is 0 Å².